The summed E-state index contributed by atoms with van der Waals surface area (Å²) in [6, 6.07) is 17.2. The van der Waals surface area contributed by atoms with Gasteiger partial charge < -0.3 is 9.84 Å². The van der Waals surface area contributed by atoms with Crippen LogP contribution in [-0.4, -0.2) is 34.2 Å². The van der Waals surface area contributed by atoms with Gasteiger partial charge in [0.05, 0.1) is 13.0 Å². The lowest BCUT2D eigenvalue weighted by atomic mass is 10.1. The normalized spacial score (nSPS) is 21.7. The minimum absolute atomic E-state index is 0.141. The Bertz CT molecular complexity index is 805. The molecular formula is C22H26NO4+. The molecule has 2 aromatic rings. The molecule has 2 amide bonds. The largest absolute Gasteiger partial charge is 0.521 e. The maximum Gasteiger partial charge on any atom is 0.521 e. The summed E-state index contributed by atoms with van der Waals surface area (Å²) in [4.78, 5) is 24.4. The molecule has 1 aliphatic rings. The maximum absolute atomic E-state index is 12.7. The number of benzene rings is 2. The number of nitrogens with zero attached hydrogens (tertiary/aromatic N) is 1. The van der Waals surface area contributed by atoms with Gasteiger partial charge in [0.25, 0.3) is 0 Å². The molecule has 1 unspecified atom stereocenters. The van der Waals surface area contributed by atoms with Crippen molar-refractivity contribution in [3.8, 4) is 11.5 Å². The van der Waals surface area contributed by atoms with E-state index in [2.05, 4.69) is 0 Å². The van der Waals surface area contributed by atoms with Crippen LogP contribution in [0.5, 0.6) is 11.5 Å². The minimum Gasteiger partial charge on any atom is -0.457 e. The number of imide groups is 1. The van der Waals surface area contributed by atoms with Crippen molar-refractivity contribution >= 4 is 12.0 Å². The first-order valence-electron chi connectivity index (χ1n) is 9.49. The molecule has 1 saturated heterocycles. The molecule has 1 fully saturated rings. The van der Waals surface area contributed by atoms with Crippen LogP contribution in [0.15, 0.2) is 54.6 Å². The Morgan fingerprint density at radius 3 is 2.52 bits per heavy atom. The summed E-state index contributed by atoms with van der Waals surface area (Å²) < 4.78 is 5.44. The number of amides is 2. The van der Waals surface area contributed by atoms with Gasteiger partial charge in [-0.2, -0.15) is 9.28 Å². The Kier molecular flexibility index (Phi) is 5.91. The van der Waals surface area contributed by atoms with Crippen LogP contribution < -0.4 is 4.74 Å². The van der Waals surface area contributed by atoms with Crippen LogP contribution >= 0.6 is 0 Å². The fourth-order valence-corrected chi connectivity index (χ4v) is 3.87. The van der Waals surface area contributed by atoms with Crippen molar-refractivity contribution in [3.63, 3.8) is 0 Å². The maximum atomic E-state index is 12.7. The van der Waals surface area contributed by atoms with Gasteiger partial charge in [-0.1, -0.05) is 30.3 Å². The van der Waals surface area contributed by atoms with E-state index in [0.29, 0.717) is 19.4 Å². The molecule has 2 atom stereocenters. The zero-order valence-corrected chi connectivity index (χ0v) is 15.6. The number of quaternary nitrogens is 1. The van der Waals surface area contributed by atoms with Gasteiger partial charge in [-0.15, -0.1) is 0 Å². The van der Waals surface area contributed by atoms with Gasteiger partial charge in [0.2, 0.25) is 0 Å². The van der Waals surface area contributed by atoms with Crippen molar-refractivity contribution < 1.29 is 23.9 Å². The average Bonchev–Trinajstić information content (AvgIpc) is 3.05. The lowest BCUT2D eigenvalue weighted by Gasteiger charge is -2.29. The highest BCUT2D eigenvalue weighted by atomic mass is 16.5. The average molecular weight is 368 g/mol. The molecule has 0 radical (unpaired) electrons. The Labute approximate surface area is 159 Å². The Hall–Kier alpha value is -2.66. The summed E-state index contributed by atoms with van der Waals surface area (Å²) in [6.45, 7) is 2.28. The second-order valence-corrected chi connectivity index (χ2v) is 7.18. The van der Waals surface area contributed by atoms with Crippen LogP contribution in [0.1, 0.15) is 38.2 Å². The van der Waals surface area contributed by atoms with Gasteiger partial charge in [-0.3, -0.25) is 0 Å². The van der Waals surface area contributed by atoms with E-state index in [4.69, 9.17) is 4.74 Å². The molecule has 5 heteroatoms. The van der Waals surface area contributed by atoms with Gasteiger partial charge in [-0.05, 0) is 49.6 Å². The predicted molar refractivity (Wildman–Crippen MR) is 103 cm³/mol. The molecule has 0 aromatic heterocycles. The third-order valence-corrected chi connectivity index (χ3v) is 5.41. The molecule has 0 spiro atoms. The molecule has 142 valence electrons. The third-order valence-electron chi connectivity index (χ3n) is 5.41. The quantitative estimate of drug-likeness (QED) is 0.728. The van der Waals surface area contributed by atoms with Crippen LogP contribution in [0.3, 0.4) is 0 Å². The lowest BCUT2D eigenvalue weighted by molar-refractivity contribution is -0.792. The zero-order chi connectivity index (χ0) is 19.3. The topological polar surface area (TPSA) is 63.6 Å². The van der Waals surface area contributed by atoms with E-state index in [-0.39, 0.29) is 18.4 Å². The molecule has 27 heavy (non-hydrogen) atoms. The van der Waals surface area contributed by atoms with Crippen molar-refractivity contribution in [2.24, 2.45) is 0 Å². The van der Waals surface area contributed by atoms with Gasteiger partial charge in [-0.25, -0.2) is 4.79 Å². The predicted octanol–water partition coefficient (Wildman–Crippen LogP) is 5.01. The summed E-state index contributed by atoms with van der Waals surface area (Å²) in [5.41, 5.74) is 1.08. The standard InChI is InChI=1S/C22H25NO4/c1-17-8-7-15-23(17,22(25)26)21(24)14-6-10-18-9-5-13-20(16-18)27-19-11-3-2-4-12-19/h2-5,9,11-13,16-17H,6-8,10,14-15H2,1H3/p+1/t17-,23?/m1/s1. The number of rotatable bonds is 6. The van der Waals surface area contributed by atoms with Crippen LogP contribution in [0.25, 0.3) is 0 Å². The molecule has 3 rings (SSSR count). The van der Waals surface area contributed by atoms with Crippen molar-refractivity contribution in [2.75, 3.05) is 6.54 Å². The highest BCUT2D eigenvalue weighted by Gasteiger charge is 2.52. The SMILES string of the molecule is C[C@@H]1CCC[N+]1(C(=O)O)C(=O)CCCc1cccc(Oc2ccccc2)c1. The highest BCUT2D eigenvalue weighted by molar-refractivity contribution is 5.80. The van der Waals surface area contributed by atoms with Gasteiger partial charge in [0.15, 0.2) is 0 Å². The fraction of sp³-hybridized carbons (Fsp3) is 0.364. The molecule has 5 nitrogen and oxygen atoms in total. The first-order chi connectivity index (χ1) is 13.0. The van der Waals surface area contributed by atoms with Crippen molar-refractivity contribution in [3.05, 3.63) is 60.2 Å². The van der Waals surface area contributed by atoms with E-state index >= 15 is 0 Å². The van der Waals surface area contributed by atoms with Gasteiger partial charge >= 0.3 is 12.0 Å². The van der Waals surface area contributed by atoms with Crippen LogP contribution in [0, 0.1) is 0 Å². The summed E-state index contributed by atoms with van der Waals surface area (Å²) in [5, 5.41) is 9.63. The number of hydrogen-bond donors (Lipinski definition) is 1. The molecule has 0 bridgehead atoms. The van der Waals surface area contributed by atoms with Gasteiger partial charge in [0.1, 0.15) is 17.5 Å². The van der Waals surface area contributed by atoms with E-state index in [9.17, 15) is 14.7 Å². The van der Waals surface area contributed by atoms with E-state index in [1.807, 2.05) is 61.5 Å². The molecule has 2 aromatic carbocycles. The van der Waals surface area contributed by atoms with Crippen molar-refractivity contribution in [1.29, 1.82) is 0 Å². The van der Waals surface area contributed by atoms with E-state index in [1.54, 1.807) is 0 Å². The number of carbonyl (C=O) groups is 2. The van der Waals surface area contributed by atoms with E-state index in [1.165, 1.54) is 0 Å². The van der Waals surface area contributed by atoms with Crippen LogP contribution in [0.2, 0.25) is 0 Å². The summed E-state index contributed by atoms with van der Waals surface area (Å²) >= 11 is 0. The Morgan fingerprint density at radius 2 is 1.85 bits per heavy atom. The van der Waals surface area contributed by atoms with E-state index in [0.717, 1.165) is 29.9 Å². The number of carbonyl (C=O) groups excluding carboxylic acids is 1. The molecule has 0 aliphatic carbocycles. The monoisotopic (exact) mass is 368 g/mol. The number of carboxylic acid groups (broad SMARTS) is 1. The number of likely N-dealkylation sites (tertiary alicyclic amines) is 1. The molecule has 1 heterocycles. The molecule has 1 N–H and O–H groups in total. The molecule has 1 aliphatic heterocycles. The Balaban J connectivity index is 1.58. The summed E-state index contributed by atoms with van der Waals surface area (Å²) in [6.07, 6.45) is 2.19. The smallest absolute Gasteiger partial charge is 0.457 e. The zero-order valence-electron chi connectivity index (χ0n) is 15.6. The molecule has 0 saturated carbocycles. The number of para-hydroxylation sites is 1. The van der Waals surface area contributed by atoms with Crippen molar-refractivity contribution in [1.82, 2.24) is 0 Å². The molecular weight excluding hydrogens is 342 g/mol. The highest BCUT2D eigenvalue weighted by Crippen LogP contribution is 2.29. The number of aryl methyl sites for hydroxylation is 1. The number of hydrogen-bond acceptors (Lipinski definition) is 3. The first-order valence-corrected chi connectivity index (χ1v) is 9.49. The fourth-order valence-electron chi connectivity index (χ4n) is 3.87. The second-order valence-electron chi connectivity index (χ2n) is 7.18. The minimum atomic E-state index is -1.01. The first kappa shape index (κ1) is 19.1. The van der Waals surface area contributed by atoms with E-state index < -0.39 is 10.6 Å². The van der Waals surface area contributed by atoms with Crippen molar-refractivity contribution in [2.45, 2.75) is 45.1 Å². The van der Waals surface area contributed by atoms with Crippen LogP contribution in [-0.2, 0) is 11.2 Å². The number of ether oxygens (including phenoxy) is 1. The summed E-state index contributed by atoms with van der Waals surface area (Å²) in [7, 11) is 0. The Morgan fingerprint density at radius 1 is 1.11 bits per heavy atom. The van der Waals surface area contributed by atoms with Gasteiger partial charge in [0, 0.05) is 12.8 Å². The second kappa shape index (κ2) is 8.35. The van der Waals surface area contributed by atoms with Crippen LogP contribution in [0.4, 0.5) is 4.79 Å². The third kappa shape index (κ3) is 4.19. The lowest BCUT2D eigenvalue weighted by Crippen LogP contribution is -2.58. The summed E-state index contributed by atoms with van der Waals surface area (Å²) in [5.74, 6) is 1.36.